The molecular weight excluding hydrogens is 244 g/mol. The summed E-state index contributed by atoms with van der Waals surface area (Å²) in [5.41, 5.74) is 0. The fraction of sp³-hybridized carbons (Fsp3) is 0.538. The standard InChI is InChI=1S/C13H18N4S/c1-8(9-4-5-9)17(3)11-10-6-7-18-12(10)16-13(14-2)15-11/h6-9H,4-5H2,1-3H3,(H,14,15,16). The van der Waals surface area contributed by atoms with E-state index in [0.29, 0.717) is 12.0 Å². The van der Waals surface area contributed by atoms with E-state index in [2.05, 4.69) is 45.6 Å². The highest BCUT2D eigenvalue weighted by atomic mass is 32.1. The summed E-state index contributed by atoms with van der Waals surface area (Å²) in [5.74, 6) is 2.58. The lowest BCUT2D eigenvalue weighted by Crippen LogP contribution is -2.31. The van der Waals surface area contributed by atoms with Crippen molar-refractivity contribution in [1.82, 2.24) is 9.97 Å². The van der Waals surface area contributed by atoms with E-state index in [1.165, 1.54) is 12.8 Å². The molecule has 3 rings (SSSR count). The highest BCUT2D eigenvalue weighted by Gasteiger charge is 2.31. The molecule has 18 heavy (non-hydrogen) atoms. The zero-order valence-corrected chi connectivity index (χ0v) is 11.8. The zero-order valence-electron chi connectivity index (χ0n) is 11.0. The van der Waals surface area contributed by atoms with Crippen molar-refractivity contribution in [1.29, 1.82) is 0 Å². The molecule has 0 bridgehead atoms. The first-order chi connectivity index (χ1) is 8.70. The molecule has 1 unspecified atom stereocenters. The predicted octanol–water partition coefficient (Wildman–Crippen LogP) is 2.97. The van der Waals surface area contributed by atoms with Gasteiger partial charge in [0.05, 0.1) is 5.39 Å². The van der Waals surface area contributed by atoms with Crippen molar-refractivity contribution in [2.45, 2.75) is 25.8 Å². The summed E-state index contributed by atoms with van der Waals surface area (Å²) < 4.78 is 0. The number of aromatic nitrogens is 2. The first-order valence-electron chi connectivity index (χ1n) is 6.36. The maximum absolute atomic E-state index is 4.63. The number of hydrogen-bond donors (Lipinski definition) is 1. The fourth-order valence-electron chi connectivity index (χ4n) is 2.31. The lowest BCUT2D eigenvalue weighted by atomic mass is 10.2. The Morgan fingerprint density at radius 2 is 2.22 bits per heavy atom. The van der Waals surface area contributed by atoms with E-state index in [-0.39, 0.29) is 0 Å². The third kappa shape index (κ3) is 1.92. The molecular formula is C13H18N4S. The molecule has 1 fully saturated rings. The van der Waals surface area contributed by atoms with Crippen LogP contribution in [-0.2, 0) is 0 Å². The molecule has 1 atom stereocenters. The molecule has 2 aromatic rings. The van der Waals surface area contributed by atoms with E-state index in [4.69, 9.17) is 0 Å². The summed E-state index contributed by atoms with van der Waals surface area (Å²) in [6.45, 7) is 2.29. The predicted molar refractivity (Wildman–Crippen MR) is 77.6 cm³/mol. The van der Waals surface area contributed by atoms with Crippen molar-refractivity contribution >= 4 is 33.3 Å². The molecule has 0 amide bonds. The molecule has 0 aromatic carbocycles. The molecule has 96 valence electrons. The Morgan fingerprint density at radius 1 is 1.44 bits per heavy atom. The average molecular weight is 262 g/mol. The van der Waals surface area contributed by atoms with Gasteiger partial charge in [-0.3, -0.25) is 0 Å². The maximum atomic E-state index is 4.63. The summed E-state index contributed by atoms with van der Waals surface area (Å²) >= 11 is 1.67. The third-order valence-electron chi connectivity index (χ3n) is 3.78. The topological polar surface area (TPSA) is 41.1 Å². The maximum Gasteiger partial charge on any atom is 0.225 e. The zero-order chi connectivity index (χ0) is 12.7. The van der Waals surface area contributed by atoms with Gasteiger partial charge in [-0.05, 0) is 37.1 Å². The van der Waals surface area contributed by atoms with E-state index in [1.807, 2.05) is 7.05 Å². The average Bonchev–Trinajstić information content (AvgIpc) is 3.13. The fourth-order valence-corrected chi connectivity index (χ4v) is 3.07. The van der Waals surface area contributed by atoms with Crippen LogP contribution < -0.4 is 10.2 Å². The number of fused-ring (bicyclic) bond motifs is 1. The van der Waals surface area contributed by atoms with Gasteiger partial charge in [0.15, 0.2) is 0 Å². The summed E-state index contributed by atoms with van der Waals surface area (Å²) in [4.78, 5) is 12.5. The number of anilines is 2. The molecule has 0 aliphatic heterocycles. The van der Waals surface area contributed by atoms with E-state index in [9.17, 15) is 0 Å². The molecule has 1 aliphatic rings. The van der Waals surface area contributed by atoms with Gasteiger partial charge in [0.1, 0.15) is 10.6 Å². The van der Waals surface area contributed by atoms with Gasteiger partial charge in [0.25, 0.3) is 0 Å². The smallest absolute Gasteiger partial charge is 0.225 e. The third-order valence-corrected chi connectivity index (χ3v) is 4.58. The van der Waals surface area contributed by atoms with Crippen LogP contribution >= 0.6 is 11.3 Å². The molecule has 2 heterocycles. The summed E-state index contributed by atoms with van der Waals surface area (Å²) in [6, 6.07) is 2.66. The molecule has 4 nitrogen and oxygen atoms in total. The van der Waals surface area contributed by atoms with Crippen LogP contribution in [0.5, 0.6) is 0 Å². The molecule has 2 aromatic heterocycles. The first kappa shape index (κ1) is 11.7. The molecule has 0 radical (unpaired) electrons. The Labute approximate surface area is 111 Å². The van der Waals surface area contributed by atoms with Crippen LogP contribution in [0, 0.1) is 5.92 Å². The Kier molecular flexibility index (Phi) is 2.86. The van der Waals surface area contributed by atoms with E-state index in [1.54, 1.807) is 11.3 Å². The lowest BCUT2D eigenvalue weighted by molar-refractivity contribution is 0.605. The normalized spacial score (nSPS) is 16.8. The Morgan fingerprint density at radius 3 is 2.89 bits per heavy atom. The first-order valence-corrected chi connectivity index (χ1v) is 7.24. The summed E-state index contributed by atoms with van der Waals surface area (Å²) in [7, 11) is 4.00. The quantitative estimate of drug-likeness (QED) is 0.919. The van der Waals surface area contributed by atoms with Crippen LogP contribution in [0.2, 0.25) is 0 Å². The van der Waals surface area contributed by atoms with Gasteiger partial charge >= 0.3 is 0 Å². The molecule has 1 N–H and O–H groups in total. The largest absolute Gasteiger partial charge is 0.357 e. The second kappa shape index (κ2) is 4.39. The Bertz CT molecular complexity index is 561. The minimum absolute atomic E-state index is 0.549. The number of nitrogens with one attached hydrogen (secondary N) is 1. The Hall–Kier alpha value is -1.36. The molecule has 0 spiro atoms. The number of rotatable bonds is 4. The monoisotopic (exact) mass is 262 g/mol. The van der Waals surface area contributed by atoms with Gasteiger partial charge in [0.2, 0.25) is 5.95 Å². The minimum Gasteiger partial charge on any atom is -0.357 e. The van der Waals surface area contributed by atoms with Crippen molar-refractivity contribution in [2.75, 3.05) is 24.3 Å². The number of nitrogens with zero attached hydrogens (tertiary/aromatic N) is 3. The van der Waals surface area contributed by atoms with Gasteiger partial charge in [-0.1, -0.05) is 0 Å². The van der Waals surface area contributed by atoms with Gasteiger partial charge in [-0.2, -0.15) is 4.98 Å². The van der Waals surface area contributed by atoms with Crippen LogP contribution in [-0.4, -0.2) is 30.1 Å². The molecule has 5 heteroatoms. The van der Waals surface area contributed by atoms with Crippen LogP contribution in [0.25, 0.3) is 10.2 Å². The van der Waals surface area contributed by atoms with Crippen LogP contribution in [0.15, 0.2) is 11.4 Å². The second-order valence-corrected chi connectivity index (χ2v) is 5.84. The van der Waals surface area contributed by atoms with E-state index in [0.717, 1.165) is 22.0 Å². The molecule has 1 saturated carbocycles. The van der Waals surface area contributed by atoms with Gasteiger partial charge < -0.3 is 10.2 Å². The van der Waals surface area contributed by atoms with Crippen molar-refractivity contribution in [3.63, 3.8) is 0 Å². The van der Waals surface area contributed by atoms with Gasteiger partial charge in [-0.15, -0.1) is 11.3 Å². The van der Waals surface area contributed by atoms with E-state index >= 15 is 0 Å². The van der Waals surface area contributed by atoms with Crippen molar-refractivity contribution in [2.24, 2.45) is 5.92 Å². The highest BCUT2D eigenvalue weighted by molar-refractivity contribution is 7.16. The Balaban J connectivity index is 2.05. The number of thiophene rings is 1. The number of hydrogen-bond acceptors (Lipinski definition) is 5. The van der Waals surface area contributed by atoms with Gasteiger partial charge in [-0.25, -0.2) is 4.98 Å². The van der Waals surface area contributed by atoms with Crippen molar-refractivity contribution < 1.29 is 0 Å². The minimum atomic E-state index is 0.549. The molecule has 0 saturated heterocycles. The lowest BCUT2D eigenvalue weighted by Gasteiger charge is -2.26. The molecule has 1 aliphatic carbocycles. The van der Waals surface area contributed by atoms with Crippen LogP contribution in [0.4, 0.5) is 11.8 Å². The van der Waals surface area contributed by atoms with Crippen LogP contribution in [0.3, 0.4) is 0 Å². The van der Waals surface area contributed by atoms with Crippen molar-refractivity contribution in [3.05, 3.63) is 11.4 Å². The van der Waals surface area contributed by atoms with Gasteiger partial charge in [0, 0.05) is 20.1 Å². The summed E-state index contributed by atoms with van der Waals surface area (Å²) in [5, 5.41) is 6.29. The highest BCUT2D eigenvalue weighted by Crippen LogP contribution is 2.38. The SMILES string of the molecule is CNc1nc(N(C)C(C)C2CC2)c2ccsc2n1. The van der Waals surface area contributed by atoms with Crippen molar-refractivity contribution in [3.8, 4) is 0 Å². The van der Waals surface area contributed by atoms with E-state index < -0.39 is 0 Å². The second-order valence-electron chi connectivity index (χ2n) is 4.95. The summed E-state index contributed by atoms with van der Waals surface area (Å²) in [6.07, 6.45) is 2.70. The van der Waals surface area contributed by atoms with Crippen LogP contribution in [0.1, 0.15) is 19.8 Å².